The molecule has 0 atom stereocenters. The number of hydrogen-bond donors (Lipinski definition) is 0. The highest BCUT2D eigenvalue weighted by Gasteiger charge is 2.16. The number of benzene rings is 1. The number of carboxylic acids is 1. The summed E-state index contributed by atoms with van der Waals surface area (Å²) in [6.07, 6.45) is 4.98. The molecule has 0 fully saturated rings. The summed E-state index contributed by atoms with van der Waals surface area (Å²) in [4.78, 5) is 20.2. The number of ether oxygens (including phenoxy) is 5. The molecule has 1 aromatic carbocycles. The van der Waals surface area contributed by atoms with Gasteiger partial charge in [0.25, 0.3) is 0 Å². The first-order chi connectivity index (χ1) is 16.0. The normalized spacial score (nSPS) is 11.7. The van der Waals surface area contributed by atoms with Crippen LogP contribution in [0.2, 0.25) is 0 Å². The number of rotatable bonds is 17. The molecule has 0 saturated carbocycles. The maximum Gasteiger partial charge on any atom is 0.231 e. The molecule has 1 heterocycles. The SMILES string of the molecule is CCCC(=O)CC(=O)[O-].CCCCOCCOCCOCc1cc2c(cc1CCC)OCO2. The lowest BCUT2D eigenvalue weighted by atomic mass is 10.0. The zero-order valence-electron chi connectivity index (χ0n) is 20.3. The zero-order chi connectivity index (χ0) is 24.3. The summed E-state index contributed by atoms with van der Waals surface area (Å²) in [6, 6.07) is 4.12. The van der Waals surface area contributed by atoms with Gasteiger partial charge in [0, 0.05) is 25.4 Å². The quantitative estimate of drug-likeness (QED) is 0.254. The molecule has 1 aliphatic rings. The molecule has 0 bridgehead atoms. The van der Waals surface area contributed by atoms with Crippen LogP contribution in [-0.4, -0.2) is 51.6 Å². The van der Waals surface area contributed by atoms with Crippen LogP contribution in [-0.2, 0) is 36.8 Å². The van der Waals surface area contributed by atoms with Gasteiger partial charge in [0.05, 0.1) is 33.0 Å². The van der Waals surface area contributed by atoms with Crippen molar-refractivity contribution in [2.45, 2.75) is 72.3 Å². The summed E-state index contributed by atoms with van der Waals surface area (Å²) < 4.78 is 27.6. The fourth-order valence-corrected chi connectivity index (χ4v) is 3.06. The van der Waals surface area contributed by atoms with Gasteiger partial charge in [0.1, 0.15) is 5.78 Å². The predicted octanol–water partition coefficient (Wildman–Crippen LogP) is 3.21. The molecule has 33 heavy (non-hydrogen) atoms. The number of aliphatic carboxylic acids is 1. The van der Waals surface area contributed by atoms with E-state index in [2.05, 4.69) is 19.9 Å². The number of hydrogen-bond acceptors (Lipinski definition) is 8. The minimum atomic E-state index is -1.28. The Hall–Kier alpha value is -2.16. The Morgan fingerprint density at radius 2 is 1.45 bits per heavy atom. The monoisotopic (exact) mass is 467 g/mol. The van der Waals surface area contributed by atoms with E-state index < -0.39 is 12.4 Å². The Labute approximate surface area is 197 Å². The van der Waals surface area contributed by atoms with E-state index in [1.165, 1.54) is 11.1 Å². The predicted molar refractivity (Wildman–Crippen MR) is 122 cm³/mol. The second-order valence-electron chi connectivity index (χ2n) is 7.69. The minimum absolute atomic E-state index is 0.252. The highest BCUT2D eigenvalue weighted by Crippen LogP contribution is 2.35. The maximum atomic E-state index is 10.4. The topological polar surface area (TPSA) is 103 Å². The Balaban J connectivity index is 0.000000513. The van der Waals surface area contributed by atoms with E-state index in [0.717, 1.165) is 43.8 Å². The van der Waals surface area contributed by atoms with E-state index in [0.29, 0.717) is 52.7 Å². The molecule has 1 aliphatic heterocycles. The third-order valence-electron chi connectivity index (χ3n) is 4.73. The Morgan fingerprint density at radius 3 is 2.03 bits per heavy atom. The lowest BCUT2D eigenvalue weighted by molar-refractivity contribution is -0.304. The molecule has 0 N–H and O–H groups in total. The number of aryl methyl sites for hydroxylation is 1. The van der Waals surface area contributed by atoms with Crippen LogP contribution in [0.3, 0.4) is 0 Å². The summed E-state index contributed by atoms with van der Waals surface area (Å²) in [5.74, 6) is 0.119. The summed E-state index contributed by atoms with van der Waals surface area (Å²) in [7, 11) is 0. The maximum absolute atomic E-state index is 10.4. The second kappa shape index (κ2) is 18.3. The highest BCUT2D eigenvalue weighted by molar-refractivity contribution is 5.93. The van der Waals surface area contributed by atoms with E-state index >= 15 is 0 Å². The molecule has 0 aromatic heterocycles. The Bertz CT molecular complexity index is 689. The first-order valence-electron chi connectivity index (χ1n) is 11.9. The molecular weight excluding hydrogens is 428 g/mol. The lowest BCUT2D eigenvalue weighted by Gasteiger charge is -2.11. The third kappa shape index (κ3) is 13.2. The van der Waals surface area contributed by atoms with E-state index in [1.54, 1.807) is 0 Å². The molecule has 1 aromatic rings. The number of Topliss-reactive ketones (excluding diaryl/α,β-unsaturated/α-hetero) is 1. The molecule has 8 heteroatoms. The highest BCUT2D eigenvalue weighted by atomic mass is 16.7. The molecule has 0 aliphatic carbocycles. The second-order valence-corrected chi connectivity index (χ2v) is 7.69. The molecule has 0 spiro atoms. The van der Waals surface area contributed by atoms with Gasteiger partial charge in [-0.05, 0) is 42.5 Å². The van der Waals surface area contributed by atoms with Crippen LogP contribution in [0.5, 0.6) is 11.5 Å². The van der Waals surface area contributed by atoms with Crippen molar-refractivity contribution in [2.24, 2.45) is 0 Å². The smallest absolute Gasteiger partial charge is 0.231 e. The van der Waals surface area contributed by atoms with Crippen LogP contribution < -0.4 is 14.6 Å². The van der Waals surface area contributed by atoms with Crippen molar-refractivity contribution in [3.8, 4) is 11.5 Å². The number of fused-ring (bicyclic) bond motifs is 1. The van der Waals surface area contributed by atoms with Gasteiger partial charge in [-0.15, -0.1) is 0 Å². The number of carbonyl (C=O) groups excluding carboxylic acids is 2. The van der Waals surface area contributed by atoms with Gasteiger partial charge < -0.3 is 33.6 Å². The van der Waals surface area contributed by atoms with Gasteiger partial charge in [-0.1, -0.05) is 33.6 Å². The Kier molecular flexibility index (Phi) is 16.0. The van der Waals surface area contributed by atoms with Crippen LogP contribution >= 0.6 is 0 Å². The number of ketones is 1. The van der Waals surface area contributed by atoms with E-state index in [9.17, 15) is 14.7 Å². The van der Waals surface area contributed by atoms with Gasteiger partial charge >= 0.3 is 0 Å². The van der Waals surface area contributed by atoms with Crippen LogP contribution in [0, 0.1) is 0 Å². The van der Waals surface area contributed by atoms with E-state index in [-0.39, 0.29) is 5.78 Å². The zero-order valence-corrected chi connectivity index (χ0v) is 20.3. The van der Waals surface area contributed by atoms with Gasteiger partial charge in [0.2, 0.25) is 6.79 Å². The van der Waals surface area contributed by atoms with Crippen molar-refractivity contribution in [3.05, 3.63) is 23.3 Å². The fourth-order valence-electron chi connectivity index (χ4n) is 3.06. The molecule has 8 nitrogen and oxygen atoms in total. The number of carboxylic acid groups (broad SMARTS) is 1. The standard InChI is InChI=1S/C19H30O5.C6H10O3/c1-3-5-7-20-8-9-21-10-11-22-14-17-13-19-18(23-15-24-19)12-16(17)6-4-2;1-2-3-5(7)4-6(8)9/h12-13H,3-11,14-15H2,1-2H3;2-4H2,1H3,(H,8,9)/p-1. The average Bonchev–Trinajstić information content (AvgIpc) is 3.22. The average molecular weight is 468 g/mol. The van der Waals surface area contributed by atoms with Crippen LogP contribution in [0.1, 0.15) is 70.4 Å². The lowest BCUT2D eigenvalue weighted by Crippen LogP contribution is -2.25. The molecule has 0 radical (unpaired) electrons. The third-order valence-corrected chi connectivity index (χ3v) is 4.73. The van der Waals surface area contributed by atoms with E-state index in [4.69, 9.17) is 23.7 Å². The molecule has 188 valence electrons. The van der Waals surface area contributed by atoms with Crippen molar-refractivity contribution in [1.29, 1.82) is 0 Å². The molecule has 0 unspecified atom stereocenters. The Morgan fingerprint density at radius 1 is 0.848 bits per heavy atom. The molecule has 2 rings (SSSR count). The number of carbonyl (C=O) groups is 2. The first kappa shape index (κ1) is 28.9. The van der Waals surface area contributed by atoms with E-state index in [1.807, 2.05) is 13.0 Å². The number of unbranched alkanes of at least 4 members (excludes halogenated alkanes) is 1. The van der Waals surface area contributed by atoms with Gasteiger partial charge in [-0.2, -0.15) is 0 Å². The summed E-state index contributed by atoms with van der Waals surface area (Å²) in [5, 5.41) is 9.75. The van der Waals surface area contributed by atoms with Crippen molar-refractivity contribution in [1.82, 2.24) is 0 Å². The first-order valence-corrected chi connectivity index (χ1v) is 11.9. The fraction of sp³-hybridized carbons (Fsp3) is 0.680. The van der Waals surface area contributed by atoms with Gasteiger partial charge in [-0.25, -0.2) is 0 Å². The largest absolute Gasteiger partial charge is 0.550 e. The molecule has 0 saturated heterocycles. The minimum Gasteiger partial charge on any atom is -0.550 e. The van der Waals surface area contributed by atoms with Crippen LogP contribution in [0.4, 0.5) is 0 Å². The molecular formula is C25H39O8-. The van der Waals surface area contributed by atoms with Crippen LogP contribution in [0.15, 0.2) is 12.1 Å². The summed E-state index contributed by atoms with van der Waals surface area (Å²) in [5.41, 5.74) is 2.44. The van der Waals surface area contributed by atoms with Gasteiger partial charge in [-0.3, -0.25) is 4.79 Å². The van der Waals surface area contributed by atoms with Crippen molar-refractivity contribution in [3.63, 3.8) is 0 Å². The summed E-state index contributed by atoms with van der Waals surface area (Å²) in [6.45, 7) is 10.3. The molecule has 0 amide bonds. The van der Waals surface area contributed by atoms with Crippen molar-refractivity contribution >= 4 is 11.8 Å². The van der Waals surface area contributed by atoms with Crippen LogP contribution in [0.25, 0.3) is 0 Å². The van der Waals surface area contributed by atoms with Gasteiger partial charge in [0.15, 0.2) is 11.5 Å². The van der Waals surface area contributed by atoms with Crippen molar-refractivity contribution < 1.29 is 38.4 Å². The summed E-state index contributed by atoms with van der Waals surface area (Å²) >= 11 is 0. The van der Waals surface area contributed by atoms with Crippen molar-refractivity contribution in [2.75, 3.05) is 39.8 Å².